The van der Waals surface area contributed by atoms with E-state index < -0.39 is 5.91 Å². The molecule has 0 saturated carbocycles. The number of aliphatic hydroxyl groups excluding tert-OH is 1. The summed E-state index contributed by atoms with van der Waals surface area (Å²) >= 11 is 0. The van der Waals surface area contributed by atoms with E-state index in [1.807, 2.05) is 0 Å². The fourth-order valence-electron chi connectivity index (χ4n) is 2.40. The smallest absolute Gasteiger partial charge is 0.254 e. The fraction of sp³-hybridized carbons (Fsp3) is 0.429. The van der Waals surface area contributed by atoms with Crippen LogP contribution in [0, 0.1) is 0 Å². The van der Waals surface area contributed by atoms with Gasteiger partial charge in [0.1, 0.15) is 0 Å². The maximum atomic E-state index is 12.3. The van der Waals surface area contributed by atoms with Gasteiger partial charge in [0.05, 0.1) is 12.6 Å². The number of carbonyl (C=O) groups excluding carboxylic acids is 2. The number of nitrogens with two attached hydrogens (primary N) is 1. The molecule has 1 aromatic rings. The van der Waals surface area contributed by atoms with Crippen LogP contribution in [0.2, 0.25) is 0 Å². The van der Waals surface area contributed by atoms with Gasteiger partial charge in [0.25, 0.3) is 5.91 Å². The first-order valence-electron chi connectivity index (χ1n) is 6.45. The molecule has 2 rings (SSSR count). The van der Waals surface area contributed by atoms with Gasteiger partial charge in [-0.05, 0) is 43.5 Å². The van der Waals surface area contributed by atoms with Crippen molar-refractivity contribution in [2.45, 2.75) is 25.3 Å². The number of carbonyl (C=O) groups is 2. The zero-order chi connectivity index (χ0) is 13.8. The summed E-state index contributed by atoms with van der Waals surface area (Å²) in [7, 11) is 0. The summed E-state index contributed by atoms with van der Waals surface area (Å²) in [6.07, 6.45) is 2.83. The lowest BCUT2D eigenvalue weighted by molar-refractivity contribution is 0.0503. The van der Waals surface area contributed by atoms with Gasteiger partial charge in [-0.1, -0.05) is 0 Å². The molecule has 0 aromatic heterocycles. The lowest BCUT2D eigenvalue weighted by Gasteiger charge is -2.34. The first kappa shape index (κ1) is 13.5. The van der Waals surface area contributed by atoms with Crippen LogP contribution in [-0.2, 0) is 0 Å². The van der Waals surface area contributed by atoms with Crippen LogP contribution in [0.1, 0.15) is 40.0 Å². The molecular weight excluding hydrogens is 244 g/mol. The predicted octanol–water partition coefficient (Wildman–Crippen LogP) is 0.772. The molecule has 5 heteroatoms. The zero-order valence-corrected chi connectivity index (χ0v) is 10.7. The topological polar surface area (TPSA) is 83.6 Å². The maximum Gasteiger partial charge on any atom is 0.254 e. The van der Waals surface area contributed by atoms with Crippen molar-refractivity contribution in [3.05, 3.63) is 35.4 Å². The molecule has 102 valence electrons. The third-order valence-electron chi connectivity index (χ3n) is 3.52. The molecule has 1 saturated heterocycles. The molecule has 0 aliphatic carbocycles. The molecule has 19 heavy (non-hydrogen) atoms. The number of nitrogens with zero attached hydrogens (tertiary/aromatic N) is 1. The van der Waals surface area contributed by atoms with Crippen LogP contribution in [0.25, 0.3) is 0 Å². The quantitative estimate of drug-likeness (QED) is 0.844. The van der Waals surface area contributed by atoms with E-state index in [1.165, 1.54) is 0 Å². The van der Waals surface area contributed by atoms with E-state index in [4.69, 9.17) is 5.73 Å². The minimum Gasteiger partial charge on any atom is -0.394 e. The first-order valence-corrected chi connectivity index (χ1v) is 6.45. The lowest BCUT2D eigenvalue weighted by Crippen LogP contribution is -2.45. The Hall–Kier alpha value is -1.88. The van der Waals surface area contributed by atoms with Gasteiger partial charge in [-0.2, -0.15) is 0 Å². The highest BCUT2D eigenvalue weighted by Gasteiger charge is 2.26. The second-order valence-corrected chi connectivity index (χ2v) is 4.77. The van der Waals surface area contributed by atoms with Crippen molar-refractivity contribution in [1.29, 1.82) is 0 Å². The van der Waals surface area contributed by atoms with Gasteiger partial charge in [-0.15, -0.1) is 0 Å². The minimum atomic E-state index is -0.509. The minimum absolute atomic E-state index is 0.00882. The Balaban J connectivity index is 2.16. The van der Waals surface area contributed by atoms with Crippen LogP contribution in [0.4, 0.5) is 0 Å². The van der Waals surface area contributed by atoms with Gasteiger partial charge in [0.2, 0.25) is 5.91 Å². The molecular formula is C14H18N2O3. The van der Waals surface area contributed by atoms with E-state index in [0.717, 1.165) is 19.3 Å². The van der Waals surface area contributed by atoms with Gasteiger partial charge in [0, 0.05) is 17.7 Å². The van der Waals surface area contributed by atoms with E-state index in [9.17, 15) is 14.7 Å². The summed E-state index contributed by atoms with van der Waals surface area (Å²) < 4.78 is 0. The van der Waals surface area contributed by atoms with Crippen molar-refractivity contribution >= 4 is 11.8 Å². The molecule has 1 aliphatic rings. The third-order valence-corrected chi connectivity index (χ3v) is 3.52. The molecule has 1 unspecified atom stereocenters. The van der Waals surface area contributed by atoms with E-state index in [2.05, 4.69) is 0 Å². The molecule has 3 N–H and O–H groups in total. The van der Waals surface area contributed by atoms with Crippen molar-refractivity contribution in [2.75, 3.05) is 13.2 Å². The standard InChI is InChI=1S/C14H18N2O3/c15-13(18)10-4-6-11(7-5-10)14(19)16-8-2-1-3-12(16)9-17/h4-7,12,17H,1-3,8-9H2,(H2,15,18). The molecule has 0 bridgehead atoms. The Kier molecular flexibility index (Phi) is 4.16. The van der Waals surface area contributed by atoms with Gasteiger partial charge < -0.3 is 15.7 Å². The fourth-order valence-corrected chi connectivity index (χ4v) is 2.40. The first-order chi connectivity index (χ1) is 9.13. The number of piperidine rings is 1. The average molecular weight is 262 g/mol. The number of rotatable bonds is 3. The Morgan fingerprint density at radius 1 is 1.21 bits per heavy atom. The van der Waals surface area contributed by atoms with Crippen LogP contribution in [-0.4, -0.2) is 41.0 Å². The van der Waals surface area contributed by atoms with Gasteiger partial charge >= 0.3 is 0 Å². The summed E-state index contributed by atoms with van der Waals surface area (Å²) in [5.74, 6) is -0.611. The van der Waals surface area contributed by atoms with Crippen molar-refractivity contribution in [3.8, 4) is 0 Å². The normalized spacial score (nSPS) is 19.2. The van der Waals surface area contributed by atoms with Gasteiger partial charge in [-0.3, -0.25) is 9.59 Å². The monoisotopic (exact) mass is 262 g/mol. The SMILES string of the molecule is NC(=O)c1ccc(C(=O)N2CCCCC2CO)cc1. The van der Waals surface area contributed by atoms with Crippen molar-refractivity contribution in [3.63, 3.8) is 0 Å². The lowest BCUT2D eigenvalue weighted by atomic mass is 10.0. The number of aliphatic hydroxyl groups is 1. The van der Waals surface area contributed by atoms with Crippen LogP contribution < -0.4 is 5.73 Å². The van der Waals surface area contributed by atoms with Crippen LogP contribution in [0.5, 0.6) is 0 Å². The van der Waals surface area contributed by atoms with E-state index >= 15 is 0 Å². The summed E-state index contributed by atoms with van der Waals surface area (Å²) in [6.45, 7) is 0.659. The molecule has 1 aliphatic heterocycles. The van der Waals surface area contributed by atoms with Crippen molar-refractivity contribution in [2.24, 2.45) is 5.73 Å². The predicted molar refractivity (Wildman–Crippen MR) is 70.7 cm³/mol. The Labute approximate surface area is 112 Å². The Morgan fingerprint density at radius 2 is 1.84 bits per heavy atom. The van der Waals surface area contributed by atoms with Crippen LogP contribution >= 0.6 is 0 Å². The summed E-state index contributed by atoms with van der Waals surface area (Å²) in [4.78, 5) is 25.0. The van der Waals surface area contributed by atoms with Gasteiger partial charge in [-0.25, -0.2) is 0 Å². The molecule has 2 amide bonds. The number of hydrogen-bond acceptors (Lipinski definition) is 3. The number of primary amides is 1. The average Bonchev–Trinajstić information content (AvgIpc) is 2.46. The van der Waals surface area contributed by atoms with Crippen LogP contribution in [0.15, 0.2) is 24.3 Å². The van der Waals surface area contributed by atoms with Crippen LogP contribution in [0.3, 0.4) is 0 Å². The second kappa shape index (κ2) is 5.84. The summed E-state index contributed by atoms with van der Waals surface area (Å²) in [6, 6.07) is 6.20. The summed E-state index contributed by atoms with van der Waals surface area (Å²) in [5.41, 5.74) is 6.06. The number of likely N-dealkylation sites (tertiary alicyclic amines) is 1. The van der Waals surface area contributed by atoms with E-state index in [-0.39, 0.29) is 18.6 Å². The zero-order valence-electron chi connectivity index (χ0n) is 10.7. The van der Waals surface area contributed by atoms with Crippen molar-refractivity contribution in [1.82, 2.24) is 4.90 Å². The Morgan fingerprint density at radius 3 is 2.42 bits per heavy atom. The number of hydrogen-bond donors (Lipinski definition) is 2. The number of amides is 2. The third kappa shape index (κ3) is 2.93. The van der Waals surface area contributed by atoms with Crippen molar-refractivity contribution < 1.29 is 14.7 Å². The molecule has 0 radical (unpaired) electrons. The van der Waals surface area contributed by atoms with E-state index in [1.54, 1.807) is 29.2 Å². The molecule has 1 fully saturated rings. The highest BCUT2D eigenvalue weighted by molar-refractivity contribution is 5.97. The highest BCUT2D eigenvalue weighted by Crippen LogP contribution is 2.19. The number of benzene rings is 1. The van der Waals surface area contributed by atoms with Gasteiger partial charge in [0.15, 0.2) is 0 Å². The molecule has 1 aromatic carbocycles. The largest absolute Gasteiger partial charge is 0.394 e. The molecule has 5 nitrogen and oxygen atoms in total. The molecule has 0 spiro atoms. The summed E-state index contributed by atoms with van der Waals surface area (Å²) in [5, 5.41) is 9.32. The second-order valence-electron chi connectivity index (χ2n) is 4.77. The molecule has 1 atom stereocenters. The maximum absolute atomic E-state index is 12.3. The highest BCUT2D eigenvalue weighted by atomic mass is 16.3. The molecule has 1 heterocycles. The van der Waals surface area contributed by atoms with E-state index in [0.29, 0.717) is 17.7 Å². The Bertz CT molecular complexity index is 470.